The minimum atomic E-state index is -0.156. The van der Waals surface area contributed by atoms with Crippen LogP contribution in [0, 0.1) is 0 Å². The maximum absolute atomic E-state index is 13.5. The van der Waals surface area contributed by atoms with Crippen LogP contribution in [0.4, 0.5) is 5.95 Å². The molecule has 1 aromatic heterocycles. The van der Waals surface area contributed by atoms with Crippen LogP contribution in [0.3, 0.4) is 0 Å². The number of hydrogen-bond acceptors (Lipinski definition) is 7. The van der Waals surface area contributed by atoms with Gasteiger partial charge in [-0.15, -0.1) is 0 Å². The van der Waals surface area contributed by atoms with Crippen LogP contribution in [0.5, 0.6) is 0 Å². The molecule has 10 heteroatoms. The van der Waals surface area contributed by atoms with E-state index in [4.69, 9.17) is 16.3 Å². The molecule has 0 bridgehead atoms. The molecule has 2 aliphatic heterocycles. The number of anilines is 1. The Morgan fingerprint density at radius 1 is 1.10 bits per heavy atom. The van der Waals surface area contributed by atoms with Crippen molar-refractivity contribution >= 4 is 29.4 Å². The molecule has 0 radical (unpaired) electrons. The van der Waals surface area contributed by atoms with Gasteiger partial charge < -0.3 is 24.8 Å². The zero-order valence-corrected chi connectivity index (χ0v) is 24.4. The quantitative estimate of drug-likeness (QED) is 0.369. The molecule has 216 valence electrons. The molecule has 3 heterocycles. The fourth-order valence-corrected chi connectivity index (χ4v) is 5.35. The number of carbonyl (C=O) groups is 2. The lowest BCUT2D eigenvalue weighted by molar-refractivity contribution is -0.132. The van der Waals surface area contributed by atoms with Gasteiger partial charge in [0.1, 0.15) is 6.54 Å². The first kappa shape index (κ1) is 29.0. The highest BCUT2D eigenvalue weighted by molar-refractivity contribution is 6.33. The van der Waals surface area contributed by atoms with E-state index in [-0.39, 0.29) is 24.4 Å². The molecule has 0 spiro atoms. The minimum Gasteiger partial charge on any atom is -0.381 e. The van der Waals surface area contributed by atoms with Crippen LogP contribution in [0.15, 0.2) is 54.7 Å². The van der Waals surface area contributed by atoms with E-state index in [1.54, 1.807) is 11.1 Å². The molecular weight excluding hydrogens is 540 g/mol. The van der Waals surface area contributed by atoms with Crippen molar-refractivity contribution in [3.8, 4) is 11.3 Å². The SMILES string of the molecule is CN(C)CCN(CCc1ccccc1)C(=O)CN1Cc2ccc(-c3nc(NC4CCOCC4)ncc3Cl)cc2C1=O. The smallest absolute Gasteiger partial charge is 0.254 e. The summed E-state index contributed by atoms with van der Waals surface area (Å²) in [7, 11) is 3.98. The maximum atomic E-state index is 13.5. The molecule has 0 saturated carbocycles. The second kappa shape index (κ2) is 13.4. The predicted molar refractivity (Wildman–Crippen MR) is 160 cm³/mol. The number of fused-ring (bicyclic) bond motifs is 1. The van der Waals surface area contributed by atoms with Crippen molar-refractivity contribution in [2.24, 2.45) is 0 Å². The highest BCUT2D eigenvalue weighted by Crippen LogP contribution is 2.31. The number of likely N-dealkylation sites (N-methyl/N-ethyl adjacent to an activating group) is 1. The Morgan fingerprint density at radius 2 is 1.88 bits per heavy atom. The van der Waals surface area contributed by atoms with Crippen molar-refractivity contribution in [2.75, 3.05) is 58.8 Å². The monoisotopic (exact) mass is 576 g/mol. The lowest BCUT2D eigenvalue weighted by Crippen LogP contribution is -2.44. The summed E-state index contributed by atoms with van der Waals surface area (Å²) in [5.41, 5.74) is 3.96. The number of hydrogen-bond donors (Lipinski definition) is 1. The number of rotatable bonds is 11. The number of nitrogens with one attached hydrogen (secondary N) is 1. The van der Waals surface area contributed by atoms with E-state index in [1.165, 1.54) is 5.56 Å². The molecule has 2 aromatic carbocycles. The van der Waals surface area contributed by atoms with Gasteiger partial charge in [0.15, 0.2) is 0 Å². The third-order valence-corrected chi connectivity index (χ3v) is 7.85. The summed E-state index contributed by atoms with van der Waals surface area (Å²) in [6, 6.07) is 16.1. The van der Waals surface area contributed by atoms with Gasteiger partial charge in [-0.2, -0.15) is 0 Å². The summed E-state index contributed by atoms with van der Waals surface area (Å²) in [4.78, 5) is 41.5. The van der Waals surface area contributed by atoms with Crippen LogP contribution >= 0.6 is 11.6 Å². The number of ether oxygens (including phenoxy) is 1. The van der Waals surface area contributed by atoms with Gasteiger partial charge in [-0.05, 0) is 50.6 Å². The Morgan fingerprint density at radius 3 is 2.63 bits per heavy atom. The van der Waals surface area contributed by atoms with E-state index in [0.717, 1.165) is 36.9 Å². The third kappa shape index (κ3) is 7.41. The van der Waals surface area contributed by atoms with Crippen LogP contribution in [0.2, 0.25) is 5.02 Å². The molecule has 1 N–H and O–H groups in total. The Balaban J connectivity index is 1.27. The third-order valence-electron chi connectivity index (χ3n) is 7.57. The molecule has 1 fully saturated rings. The Hall–Kier alpha value is -3.53. The number of aromatic nitrogens is 2. The van der Waals surface area contributed by atoms with Crippen molar-refractivity contribution in [3.63, 3.8) is 0 Å². The number of carbonyl (C=O) groups excluding carboxylic acids is 2. The molecule has 9 nitrogen and oxygen atoms in total. The standard InChI is InChI=1S/C31H37ClN6O3/c1-36(2)14-15-37(13-10-22-6-4-3-5-7-22)28(39)21-38-20-24-9-8-23(18-26(24)30(38)40)29-27(32)19-33-31(35-29)34-25-11-16-41-17-12-25/h3-9,18-19,25H,10-17,20-21H2,1-2H3,(H,33,34,35). The van der Waals surface area contributed by atoms with Crippen molar-refractivity contribution in [1.82, 2.24) is 24.7 Å². The molecule has 3 aromatic rings. The van der Waals surface area contributed by atoms with Gasteiger partial charge in [0, 0.05) is 56.6 Å². The van der Waals surface area contributed by atoms with Gasteiger partial charge >= 0.3 is 0 Å². The highest BCUT2D eigenvalue weighted by atomic mass is 35.5. The van der Waals surface area contributed by atoms with Crippen molar-refractivity contribution in [1.29, 1.82) is 0 Å². The minimum absolute atomic E-state index is 0.0402. The lowest BCUT2D eigenvalue weighted by atomic mass is 10.0. The van der Waals surface area contributed by atoms with E-state index in [2.05, 4.69) is 32.3 Å². The Labute approximate surface area is 246 Å². The Bertz CT molecular complexity index is 1360. The van der Waals surface area contributed by atoms with E-state index in [0.29, 0.717) is 55.1 Å². The van der Waals surface area contributed by atoms with Gasteiger partial charge in [0.25, 0.3) is 5.91 Å². The van der Waals surface area contributed by atoms with Crippen molar-refractivity contribution in [3.05, 3.63) is 76.4 Å². The molecule has 41 heavy (non-hydrogen) atoms. The van der Waals surface area contributed by atoms with E-state index < -0.39 is 0 Å². The highest BCUT2D eigenvalue weighted by Gasteiger charge is 2.31. The first-order valence-electron chi connectivity index (χ1n) is 14.1. The van der Waals surface area contributed by atoms with Crippen LogP contribution in [-0.2, 0) is 22.5 Å². The van der Waals surface area contributed by atoms with Gasteiger partial charge in [-0.1, -0.05) is 54.1 Å². The molecule has 0 unspecified atom stereocenters. The summed E-state index contributed by atoms with van der Waals surface area (Å²) in [5, 5.41) is 3.79. The van der Waals surface area contributed by atoms with Gasteiger partial charge in [-0.3, -0.25) is 9.59 Å². The molecule has 0 atom stereocenters. The normalized spacial score (nSPS) is 15.3. The predicted octanol–water partition coefficient (Wildman–Crippen LogP) is 3.98. The average molecular weight is 577 g/mol. The number of benzene rings is 2. The summed E-state index contributed by atoms with van der Waals surface area (Å²) in [5.74, 6) is 0.298. The van der Waals surface area contributed by atoms with Crippen LogP contribution in [0.25, 0.3) is 11.3 Å². The molecule has 1 saturated heterocycles. The molecule has 2 aliphatic rings. The van der Waals surface area contributed by atoms with Gasteiger partial charge in [0.05, 0.1) is 16.9 Å². The fraction of sp³-hybridized carbons (Fsp3) is 0.419. The first-order valence-corrected chi connectivity index (χ1v) is 14.5. The summed E-state index contributed by atoms with van der Waals surface area (Å²) in [6.45, 7) is 3.82. The molecule has 2 amide bonds. The van der Waals surface area contributed by atoms with E-state index in [9.17, 15) is 9.59 Å². The zero-order valence-electron chi connectivity index (χ0n) is 23.7. The van der Waals surface area contributed by atoms with E-state index in [1.807, 2.05) is 55.4 Å². The second-order valence-corrected chi connectivity index (χ2v) is 11.3. The number of halogens is 1. The summed E-state index contributed by atoms with van der Waals surface area (Å²) >= 11 is 6.50. The Kier molecular flexibility index (Phi) is 9.49. The average Bonchev–Trinajstić information content (AvgIpc) is 3.29. The van der Waals surface area contributed by atoms with Crippen LogP contribution in [0.1, 0.15) is 34.3 Å². The van der Waals surface area contributed by atoms with Gasteiger partial charge in [0.2, 0.25) is 11.9 Å². The fourth-order valence-electron chi connectivity index (χ4n) is 5.15. The molecule has 5 rings (SSSR count). The van der Waals surface area contributed by atoms with Crippen molar-refractivity contribution < 1.29 is 14.3 Å². The zero-order chi connectivity index (χ0) is 28.8. The maximum Gasteiger partial charge on any atom is 0.254 e. The second-order valence-electron chi connectivity index (χ2n) is 10.9. The summed E-state index contributed by atoms with van der Waals surface area (Å²) < 4.78 is 5.44. The van der Waals surface area contributed by atoms with Crippen molar-refractivity contribution in [2.45, 2.75) is 31.8 Å². The number of nitrogens with zero attached hydrogens (tertiary/aromatic N) is 5. The largest absolute Gasteiger partial charge is 0.381 e. The first-order chi connectivity index (χ1) is 19.9. The van der Waals surface area contributed by atoms with Gasteiger partial charge in [-0.25, -0.2) is 9.97 Å². The lowest BCUT2D eigenvalue weighted by Gasteiger charge is -2.27. The summed E-state index contributed by atoms with van der Waals surface area (Å²) in [6.07, 6.45) is 4.13. The van der Waals surface area contributed by atoms with Crippen LogP contribution in [-0.4, -0.2) is 96.0 Å². The molecule has 0 aliphatic carbocycles. The van der Waals surface area contributed by atoms with E-state index >= 15 is 0 Å². The van der Waals surface area contributed by atoms with Crippen LogP contribution < -0.4 is 5.32 Å². The number of amides is 2. The molecular formula is C31H37ClN6O3. The topological polar surface area (TPSA) is 90.9 Å².